The maximum atomic E-state index is 4.10. The van der Waals surface area contributed by atoms with Crippen molar-refractivity contribution >= 4 is 11.3 Å². The molecule has 2 aromatic rings. The zero-order valence-electron chi connectivity index (χ0n) is 8.71. The summed E-state index contributed by atoms with van der Waals surface area (Å²) in [5, 5.41) is 17.2. The third-order valence-corrected chi connectivity index (χ3v) is 3.14. The molecule has 1 N–H and O–H groups in total. The van der Waals surface area contributed by atoms with E-state index >= 15 is 0 Å². The van der Waals surface area contributed by atoms with E-state index in [1.807, 2.05) is 0 Å². The molecule has 0 aliphatic carbocycles. The van der Waals surface area contributed by atoms with Crippen LogP contribution in [0, 0.1) is 0 Å². The molecule has 0 aliphatic heterocycles. The molecular formula is C9H13N5S. The van der Waals surface area contributed by atoms with E-state index in [0.717, 1.165) is 5.82 Å². The van der Waals surface area contributed by atoms with E-state index in [2.05, 4.69) is 45.2 Å². The summed E-state index contributed by atoms with van der Waals surface area (Å²) in [4.78, 5) is 2.78. The van der Waals surface area contributed by atoms with E-state index in [1.165, 1.54) is 9.67 Å². The van der Waals surface area contributed by atoms with E-state index < -0.39 is 0 Å². The van der Waals surface area contributed by atoms with Crippen LogP contribution in [-0.2, 0) is 13.6 Å². The average Bonchev–Trinajstić information content (AvgIpc) is 2.84. The topological polar surface area (TPSA) is 55.6 Å². The highest BCUT2D eigenvalue weighted by Gasteiger charge is 2.07. The molecule has 0 saturated carbocycles. The Labute approximate surface area is 92.1 Å². The molecule has 5 nitrogen and oxygen atoms in total. The summed E-state index contributed by atoms with van der Waals surface area (Å²) in [5.41, 5.74) is 0. The van der Waals surface area contributed by atoms with Gasteiger partial charge < -0.3 is 5.32 Å². The van der Waals surface area contributed by atoms with Crippen molar-refractivity contribution in [2.75, 3.05) is 0 Å². The van der Waals surface area contributed by atoms with Gasteiger partial charge in [0, 0.05) is 10.9 Å². The summed E-state index contributed by atoms with van der Waals surface area (Å²) in [6, 6.07) is 4.50. The monoisotopic (exact) mass is 223 g/mol. The number of hydrogen-bond donors (Lipinski definition) is 1. The van der Waals surface area contributed by atoms with Gasteiger partial charge in [-0.25, -0.2) is 0 Å². The quantitative estimate of drug-likeness (QED) is 0.844. The molecule has 0 amide bonds. The lowest BCUT2D eigenvalue weighted by Gasteiger charge is -2.09. The Morgan fingerprint density at radius 1 is 1.60 bits per heavy atom. The molecule has 2 aromatic heterocycles. The lowest BCUT2D eigenvalue weighted by molar-refractivity contribution is 0.562. The van der Waals surface area contributed by atoms with E-state index in [9.17, 15) is 0 Å². The number of rotatable bonds is 4. The van der Waals surface area contributed by atoms with Gasteiger partial charge in [-0.1, -0.05) is 6.07 Å². The normalized spacial score (nSPS) is 12.9. The van der Waals surface area contributed by atoms with Crippen LogP contribution in [0.5, 0.6) is 0 Å². The second kappa shape index (κ2) is 4.50. The molecule has 0 spiro atoms. The number of thiophene rings is 1. The third kappa shape index (κ3) is 2.60. The molecule has 0 aliphatic rings. The predicted molar refractivity (Wildman–Crippen MR) is 58.4 cm³/mol. The Morgan fingerprint density at radius 2 is 2.47 bits per heavy atom. The molecule has 0 saturated heterocycles. The summed E-state index contributed by atoms with van der Waals surface area (Å²) in [7, 11) is 1.76. The van der Waals surface area contributed by atoms with Gasteiger partial charge in [-0.15, -0.1) is 21.5 Å². The summed E-state index contributed by atoms with van der Waals surface area (Å²) in [5.74, 6) is 0.723. The molecule has 0 unspecified atom stereocenters. The number of aromatic nitrogens is 4. The van der Waals surface area contributed by atoms with Crippen molar-refractivity contribution in [1.82, 2.24) is 25.5 Å². The Morgan fingerprint density at radius 3 is 3.07 bits per heavy atom. The fourth-order valence-electron chi connectivity index (χ4n) is 1.28. The van der Waals surface area contributed by atoms with E-state index in [-0.39, 0.29) is 0 Å². The lowest BCUT2D eigenvalue weighted by atomic mass is 10.3. The first kappa shape index (κ1) is 10.3. The van der Waals surface area contributed by atoms with E-state index in [1.54, 1.807) is 18.4 Å². The van der Waals surface area contributed by atoms with Crippen molar-refractivity contribution in [1.29, 1.82) is 0 Å². The van der Waals surface area contributed by atoms with Crippen LogP contribution in [0.3, 0.4) is 0 Å². The minimum atomic E-state index is 0.328. The smallest absolute Gasteiger partial charge is 0.188 e. The highest BCUT2D eigenvalue weighted by molar-refractivity contribution is 7.10. The standard InChI is InChI=1S/C9H13N5S/c1-7(8-4-3-5-15-8)10-6-9-11-13-14(2)12-9/h3-5,7,10H,6H2,1-2H3/t7-/m0/s1. The summed E-state index contributed by atoms with van der Waals surface area (Å²) in [6.45, 7) is 2.77. The predicted octanol–water partition coefficient (Wildman–Crippen LogP) is 1.12. The maximum absolute atomic E-state index is 4.10. The van der Waals surface area contributed by atoms with Crippen LogP contribution < -0.4 is 5.32 Å². The van der Waals surface area contributed by atoms with Gasteiger partial charge in [-0.2, -0.15) is 4.80 Å². The van der Waals surface area contributed by atoms with Crippen molar-refractivity contribution in [3.8, 4) is 0 Å². The van der Waals surface area contributed by atoms with Crippen molar-refractivity contribution in [3.05, 3.63) is 28.2 Å². The summed E-state index contributed by atoms with van der Waals surface area (Å²) >= 11 is 1.75. The first-order valence-electron chi connectivity index (χ1n) is 4.75. The molecule has 0 fully saturated rings. The number of nitrogens with one attached hydrogen (secondary N) is 1. The van der Waals surface area contributed by atoms with Gasteiger partial charge in [0.25, 0.3) is 0 Å². The third-order valence-electron chi connectivity index (χ3n) is 2.09. The fraction of sp³-hybridized carbons (Fsp3) is 0.444. The van der Waals surface area contributed by atoms with Gasteiger partial charge in [0.15, 0.2) is 5.82 Å². The van der Waals surface area contributed by atoms with Gasteiger partial charge in [-0.3, -0.25) is 0 Å². The average molecular weight is 223 g/mol. The van der Waals surface area contributed by atoms with Gasteiger partial charge in [-0.05, 0) is 23.6 Å². The molecular weight excluding hydrogens is 210 g/mol. The molecule has 6 heteroatoms. The summed E-state index contributed by atoms with van der Waals surface area (Å²) < 4.78 is 0. The van der Waals surface area contributed by atoms with E-state index in [0.29, 0.717) is 12.6 Å². The van der Waals surface area contributed by atoms with Gasteiger partial charge in [0.1, 0.15) is 0 Å². The Bertz CT molecular complexity index is 408. The van der Waals surface area contributed by atoms with E-state index in [4.69, 9.17) is 0 Å². The van der Waals surface area contributed by atoms with Crippen LogP contribution >= 0.6 is 11.3 Å². The fourth-order valence-corrected chi connectivity index (χ4v) is 2.04. The van der Waals surface area contributed by atoms with Crippen LogP contribution in [0.1, 0.15) is 23.7 Å². The van der Waals surface area contributed by atoms with Crippen LogP contribution in [0.15, 0.2) is 17.5 Å². The largest absolute Gasteiger partial charge is 0.302 e. The summed E-state index contributed by atoms with van der Waals surface area (Å²) in [6.07, 6.45) is 0. The number of aryl methyl sites for hydroxylation is 1. The van der Waals surface area contributed by atoms with Crippen LogP contribution in [-0.4, -0.2) is 20.2 Å². The molecule has 0 bridgehead atoms. The molecule has 2 heterocycles. The highest BCUT2D eigenvalue weighted by Crippen LogP contribution is 2.17. The molecule has 15 heavy (non-hydrogen) atoms. The molecule has 2 rings (SSSR count). The SMILES string of the molecule is C[C@H](NCc1nnn(C)n1)c1cccs1. The van der Waals surface area contributed by atoms with Gasteiger partial charge in [0.05, 0.1) is 13.6 Å². The Hall–Kier alpha value is -1.27. The zero-order chi connectivity index (χ0) is 10.7. The molecule has 1 atom stereocenters. The van der Waals surface area contributed by atoms with Crippen molar-refractivity contribution in [3.63, 3.8) is 0 Å². The van der Waals surface area contributed by atoms with Crippen molar-refractivity contribution in [2.24, 2.45) is 7.05 Å². The first-order chi connectivity index (χ1) is 7.25. The van der Waals surface area contributed by atoms with Crippen LogP contribution in [0.2, 0.25) is 0 Å². The number of hydrogen-bond acceptors (Lipinski definition) is 5. The lowest BCUT2D eigenvalue weighted by Crippen LogP contribution is -2.18. The Kier molecular flexibility index (Phi) is 3.08. The van der Waals surface area contributed by atoms with Gasteiger partial charge in [0.2, 0.25) is 0 Å². The van der Waals surface area contributed by atoms with Crippen molar-refractivity contribution < 1.29 is 0 Å². The minimum absolute atomic E-state index is 0.328. The Balaban J connectivity index is 1.88. The number of nitrogens with zero attached hydrogens (tertiary/aromatic N) is 4. The second-order valence-corrected chi connectivity index (χ2v) is 4.29. The second-order valence-electron chi connectivity index (χ2n) is 3.31. The zero-order valence-corrected chi connectivity index (χ0v) is 9.53. The van der Waals surface area contributed by atoms with Gasteiger partial charge >= 0.3 is 0 Å². The van der Waals surface area contributed by atoms with Crippen molar-refractivity contribution in [2.45, 2.75) is 19.5 Å². The number of tetrazole rings is 1. The molecule has 80 valence electrons. The van der Waals surface area contributed by atoms with Crippen LogP contribution in [0.4, 0.5) is 0 Å². The molecule has 0 radical (unpaired) electrons. The minimum Gasteiger partial charge on any atom is -0.302 e. The highest BCUT2D eigenvalue weighted by atomic mass is 32.1. The van der Waals surface area contributed by atoms with Crippen LogP contribution in [0.25, 0.3) is 0 Å². The first-order valence-corrected chi connectivity index (χ1v) is 5.63. The maximum Gasteiger partial charge on any atom is 0.188 e. The molecule has 0 aromatic carbocycles.